The lowest BCUT2D eigenvalue weighted by Gasteiger charge is -2.42. The molecule has 2 unspecified atom stereocenters. The number of ether oxygens (including phenoxy) is 1. The zero-order valence-corrected chi connectivity index (χ0v) is 9.00. The molecule has 0 aromatic heterocycles. The van der Waals surface area contributed by atoms with E-state index in [1.807, 2.05) is 0 Å². The molecule has 1 aliphatic rings. The second-order valence-electron chi connectivity index (χ2n) is 4.37. The first-order valence-electron chi connectivity index (χ1n) is 5.23. The monoisotopic (exact) mass is 170 g/mol. The van der Waals surface area contributed by atoms with E-state index in [0.29, 0.717) is 18.1 Å². The fourth-order valence-electron chi connectivity index (χ4n) is 2.24. The Morgan fingerprint density at radius 2 is 1.50 bits per heavy atom. The Labute approximate surface area is 76.5 Å². The molecule has 72 valence electrons. The summed E-state index contributed by atoms with van der Waals surface area (Å²) >= 11 is 0. The minimum atomic E-state index is 0.446. The minimum Gasteiger partial charge on any atom is -0.375 e. The molecule has 5 atom stereocenters. The van der Waals surface area contributed by atoms with Gasteiger partial charge in [0.15, 0.2) is 0 Å². The number of hydrogen-bond donors (Lipinski definition) is 0. The summed E-state index contributed by atoms with van der Waals surface area (Å²) < 4.78 is 5.93. The van der Waals surface area contributed by atoms with Crippen molar-refractivity contribution in [1.82, 2.24) is 0 Å². The van der Waals surface area contributed by atoms with E-state index < -0.39 is 0 Å². The predicted molar refractivity (Wildman–Crippen MR) is 52.1 cm³/mol. The van der Waals surface area contributed by atoms with E-state index in [1.165, 1.54) is 0 Å². The SMILES string of the molecule is CCC1O[C@@H](C)C(C)[C@@H](C)[C@H]1C. The van der Waals surface area contributed by atoms with Crippen LogP contribution in [0.15, 0.2) is 0 Å². The molecule has 0 saturated carbocycles. The van der Waals surface area contributed by atoms with Gasteiger partial charge < -0.3 is 4.74 Å². The van der Waals surface area contributed by atoms with Crippen LogP contribution in [0.4, 0.5) is 0 Å². The molecule has 1 aliphatic heterocycles. The van der Waals surface area contributed by atoms with Gasteiger partial charge in [0, 0.05) is 0 Å². The number of hydrogen-bond acceptors (Lipinski definition) is 1. The summed E-state index contributed by atoms with van der Waals surface area (Å²) in [5.41, 5.74) is 0. The van der Waals surface area contributed by atoms with Gasteiger partial charge in [-0.2, -0.15) is 0 Å². The Hall–Kier alpha value is -0.0400. The van der Waals surface area contributed by atoms with Crippen LogP contribution in [0.3, 0.4) is 0 Å². The Bertz CT molecular complexity index is 139. The topological polar surface area (TPSA) is 9.23 Å². The molecule has 1 heteroatoms. The highest BCUT2D eigenvalue weighted by atomic mass is 16.5. The third-order valence-electron chi connectivity index (χ3n) is 3.78. The second-order valence-corrected chi connectivity index (χ2v) is 4.37. The average Bonchev–Trinajstić information content (AvgIpc) is 2.08. The molecular weight excluding hydrogens is 148 g/mol. The van der Waals surface area contributed by atoms with Gasteiger partial charge in [0.25, 0.3) is 0 Å². The van der Waals surface area contributed by atoms with E-state index in [2.05, 4.69) is 34.6 Å². The highest BCUT2D eigenvalue weighted by molar-refractivity contribution is 4.83. The molecule has 1 saturated heterocycles. The van der Waals surface area contributed by atoms with Gasteiger partial charge in [-0.1, -0.05) is 27.7 Å². The zero-order chi connectivity index (χ0) is 9.30. The average molecular weight is 170 g/mol. The first-order valence-corrected chi connectivity index (χ1v) is 5.23. The molecule has 0 aliphatic carbocycles. The highest BCUT2D eigenvalue weighted by Gasteiger charge is 2.35. The fourth-order valence-corrected chi connectivity index (χ4v) is 2.24. The lowest BCUT2D eigenvalue weighted by molar-refractivity contribution is -0.125. The van der Waals surface area contributed by atoms with Crippen molar-refractivity contribution in [2.24, 2.45) is 17.8 Å². The van der Waals surface area contributed by atoms with Gasteiger partial charge in [-0.15, -0.1) is 0 Å². The predicted octanol–water partition coefficient (Wildman–Crippen LogP) is 3.09. The second kappa shape index (κ2) is 3.78. The highest BCUT2D eigenvalue weighted by Crippen LogP contribution is 2.35. The standard InChI is InChI=1S/C11H22O/c1-6-11-9(4)7(2)8(3)10(5)12-11/h7-11H,6H2,1-5H3/t7-,8?,9-,10+,11?/m1/s1. The van der Waals surface area contributed by atoms with Gasteiger partial charge >= 0.3 is 0 Å². The maximum Gasteiger partial charge on any atom is 0.0604 e. The van der Waals surface area contributed by atoms with Crippen LogP contribution >= 0.6 is 0 Å². The van der Waals surface area contributed by atoms with Crippen LogP contribution in [0.2, 0.25) is 0 Å². The molecule has 1 rings (SSSR count). The van der Waals surface area contributed by atoms with Gasteiger partial charge in [-0.05, 0) is 31.1 Å². The summed E-state index contributed by atoms with van der Waals surface area (Å²) in [7, 11) is 0. The van der Waals surface area contributed by atoms with Crippen LogP contribution in [0.25, 0.3) is 0 Å². The normalized spacial score (nSPS) is 49.2. The van der Waals surface area contributed by atoms with Crippen LogP contribution in [-0.4, -0.2) is 12.2 Å². The minimum absolute atomic E-state index is 0.446. The van der Waals surface area contributed by atoms with E-state index in [9.17, 15) is 0 Å². The zero-order valence-electron chi connectivity index (χ0n) is 9.00. The summed E-state index contributed by atoms with van der Waals surface area (Å²) in [6.07, 6.45) is 2.09. The van der Waals surface area contributed by atoms with E-state index in [1.54, 1.807) is 0 Å². The van der Waals surface area contributed by atoms with E-state index in [0.717, 1.165) is 18.3 Å². The molecular formula is C11H22O. The lowest BCUT2D eigenvalue weighted by Crippen LogP contribution is -2.42. The molecule has 0 bridgehead atoms. The van der Waals surface area contributed by atoms with Gasteiger partial charge in [0.2, 0.25) is 0 Å². The van der Waals surface area contributed by atoms with Gasteiger partial charge in [-0.3, -0.25) is 0 Å². The molecule has 0 N–H and O–H groups in total. The third kappa shape index (κ3) is 1.66. The molecule has 1 heterocycles. The van der Waals surface area contributed by atoms with E-state index in [4.69, 9.17) is 4.74 Å². The summed E-state index contributed by atoms with van der Waals surface area (Å²) in [5.74, 6) is 2.24. The Morgan fingerprint density at radius 1 is 0.917 bits per heavy atom. The first kappa shape index (κ1) is 10.0. The smallest absolute Gasteiger partial charge is 0.0604 e. The molecule has 0 spiro atoms. The van der Waals surface area contributed by atoms with Crippen molar-refractivity contribution in [3.8, 4) is 0 Å². The molecule has 0 aromatic rings. The largest absolute Gasteiger partial charge is 0.375 e. The Morgan fingerprint density at radius 3 is 2.00 bits per heavy atom. The molecule has 12 heavy (non-hydrogen) atoms. The van der Waals surface area contributed by atoms with Gasteiger partial charge in [0.1, 0.15) is 0 Å². The Kier molecular flexibility index (Phi) is 3.16. The van der Waals surface area contributed by atoms with E-state index >= 15 is 0 Å². The maximum absolute atomic E-state index is 5.93. The summed E-state index contributed by atoms with van der Waals surface area (Å²) in [6, 6.07) is 0. The van der Waals surface area contributed by atoms with Crippen molar-refractivity contribution < 1.29 is 4.74 Å². The third-order valence-corrected chi connectivity index (χ3v) is 3.78. The molecule has 0 amide bonds. The van der Waals surface area contributed by atoms with Crippen molar-refractivity contribution in [3.05, 3.63) is 0 Å². The summed E-state index contributed by atoms with van der Waals surface area (Å²) in [4.78, 5) is 0. The summed E-state index contributed by atoms with van der Waals surface area (Å²) in [6.45, 7) is 11.4. The molecule has 0 aromatic carbocycles. The fraction of sp³-hybridized carbons (Fsp3) is 1.00. The van der Waals surface area contributed by atoms with Crippen molar-refractivity contribution in [2.45, 2.75) is 53.2 Å². The van der Waals surface area contributed by atoms with E-state index in [-0.39, 0.29) is 0 Å². The summed E-state index contributed by atoms with van der Waals surface area (Å²) in [5, 5.41) is 0. The van der Waals surface area contributed by atoms with Crippen LogP contribution in [0.1, 0.15) is 41.0 Å². The van der Waals surface area contributed by atoms with Crippen molar-refractivity contribution in [1.29, 1.82) is 0 Å². The maximum atomic E-state index is 5.93. The van der Waals surface area contributed by atoms with Crippen LogP contribution < -0.4 is 0 Å². The van der Waals surface area contributed by atoms with Crippen molar-refractivity contribution >= 4 is 0 Å². The quantitative estimate of drug-likeness (QED) is 0.587. The number of rotatable bonds is 1. The molecule has 0 radical (unpaired) electrons. The van der Waals surface area contributed by atoms with Crippen LogP contribution in [-0.2, 0) is 4.74 Å². The van der Waals surface area contributed by atoms with Crippen molar-refractivity contribution in [2.75, 3.05) is 0 Å². The molecule has 1 nitrogen and oxygen atoms in total. The lowest BCUT2D eigenvalue weighted by atomic mass is 9.76. The van der Waals surface area contributed by atoms with Crippen molar-refractivity contribution in [3.63, 3.8) is 0 Å². The van der Waals surface area contributed by atoms with Crippen LogP contribution in [0.5, 0.6) is 0 Å². The van der Waals surface area contributed by atoms with Crippen LogP contribution in [0, 0.1) is 17.8 Å². The van der Waals surface area contributed by atoms with Gasteiger partial charge in [-0.25, -0.2) is 0 Å². The Balaban J connectivity index is 2.63. The first-order chi connectivity index (χ1) is 5.57. The van der Waals surface area contributed by atoms with Gasteiger partial charge in [0.05, 0.1) is 12.2 Å². The molecule has 1 fully saturated rings.